The van der Waals surface area contributed by atoms with Crippen LogP contribution in [-0.2, 0) is 14.8 Å². The number of ether oxygens (including phenoxy) is 1. The highest BCUT2D eigenvalue weighted by Gasteiger charge is 2.16. The minimum absolute atomic E-state index is 0.101. The van der Waals surface area contributed by atoms with Crippen LogP contribution < -0.4 is 10.0 Å². The van der Waals surface area contributed by atoms with Gasteiger partial charge in [-0.2, -0.15) is 0 Å². The van der Waals surface area contributed by atoms with Crippen molar-refractivity contribution < 1.29 is 17.9 Å². The number of nitrogens with one attached hydrogen (secondary N) is 2. The summed E-state index contributed by atoms with van der Waals surface area (Å²) in [6, 6.07) is 6.43. The lowest BCUT2D eigenvalue weighted by Gasteiger charge is -2.11. The molecule has 1 amide bonds. The third-order valence-corrected chi connectivity index (χ3v) is 5.07. The lowest BCUT2D eigenvalue weighted by molar-refractivity contribution is 0.0858. The summed E-state index contributed by atoms with van der Waals surface area (Å²) in [5, 5.41) is 2.83. The number of hydrogen-bond donors (Lipinski definition) is 2. The first-order valence-electron chi connectivity index (χ1n) is 8.00. The molecule has 1 aliphatic rings. The van der Waals surface area contributed by atoms with E-state index in [4.69, 9.17) is 4.74 Å². The Labute approximate surface area is 137 Å². The third-order valence-electron chi connectivity index (χ3n) is 3.70. The van der Waals surface area contributed by atoms with Crippen molar-refractivity contribution in [1.29, 1.82) is 0 Å². The van der Waals surface area contributed by atoms with E-state index in [0.29, 0.717) is 24.2 Å². The van der Waals surface area contributed by atoms with E-state index < -0.39 is 10.0 Å². The number of sulfonamides is 1. The van der Waals surface area contributed by atoms with Crippen LogP contribution >= 0.6 is 0 Å². The minimum Gasteiger partial charge on any atom is -0.376 e. The smallest absolute Gasteiger partial charge is 0.251 e. The Kier molecular flexibility index (Phi) is 6.41. The van der Waals surface area contributed by atoms with Crippen molar-refractivity contribution in [3.05, 3.63) is 29.8 Å². The summed E-state index contributed by atoms with van der Waals surface area (Å²) in [4.78, 5) is 12.0. The van der Waals surface area contributed by atoms with Gasteiger partial charge in [0.1, 0.15) is 0 Å². The number of hydrogen-bond acceptors (Lipinski definition) is 4. The number of unbranched alkanes of at least 4 members (excludes halogenated alkanes) is 1. The summed E-state index contributed by atoms with van der Waals surface area (Å²) in [6.45, 7) is 3.21. The maximum atomic E-state index is 12.0. The fraction of sp³-hybridized carbons (Fsp3) is 0.562. The molecule has 0 unspecified atom stereocenters. The number of carbonyl (C=O) groups is 1. The van der Waals surface area contributed by atoms with Crippen molar-refractivity contribution in [1.82, 2.24) is 5.32 Å². The van der Waals surface area contributed by atoms with Crippen LogP contribution in [0.5, 0.6) is 0 Å². The molecule has 0 radical (unpaired) electrons. The van der Waals surface area contributed by atoms with Gasteiger partial charge in [-0.1, -0.05) is 13.3 Å². The van der Waals surface area contributed by atoms with Gasteiger partial charge in [0.2, 0.25) is 10.0 Å². The van der Waals surface area contributed by atoms with Gasteiger partial charge in [-0.3, -0.25) is 9.52 Å². The maximum Gasteiger partial charge on any atom is 0.251 e. The monoisotopic (exact) mass is 340 g/mol. The predicted octanol–water partition coefficient (Wildman–Crippen LogP) is 2.14. The topological polar surface area (TPSA) is 84.5 Å². The van der Waals surface area contributed by atoms with Gasteiger partial charge in [0.05, 0.1) is 11.9 Å². The molecule has 1 saturated heterocycles. The molecule has 6 nitrogen and oxygen atoms in total. The van der Waals surface area contributed by atoms with Gasteiger partial charge in [0.15, 0.2) is 0 Å². The molecule has 1 aromatic rings. The summed E-state index contributed by atoms with van der Waals surface area (Å²) in [5.41, 5.74) is 0.969. The first kappa shape index (κ1) is 17.7. The number of amides is 1. The fourth-order valence-electron chi connectivity index (χ4n) is 2.37. The predicted molar refractivity (Wildman–Crippen MR) is 90.1 cm³/mol. The SMILES string of the molecule is CCCCS(=O)(=O)Nc1ccc(C(=O)NC[C@@H]2CCCO2)cc1. The quantitative estimate of drug-likeness (QED) is 0.759. The molecule has 7 heteroatoms. The third kappa shape index (κ3) is 5.84. The molecule has 1 fully saturated rings. The molecule has 128 valence electrons. The molecule has 0 spiro atoms. The van der Waals surface area contributed by atoms with E-state index in [1.807, 2.05) is 6.92 Å². The summed E-state index contributed by atoms with van der Waals surface area (Å²) in [5.74, 6) is -0.0754. The van der Waals surface area contributed by atoms with E-state index in [9.17, 15) is 13.2 Å². The van der Waals surface area contributed by atoms with Gasteiger partial charge in [-0.05, 0) is 43.5 Å². The summed E-state index contributed by atoms with van der Waals surface area (Å²) >= 11 is 0. The molecule has 1 aromatic carbocycles. The van der Waals surface area contributed by atoms with E-state index in [0.717, 1.165) is 25.9 Å². The number of carbonyl (C=O) groups excluding carboxylic acids is 1. The summed E-state index contributed by atoms with van der Waals surface area (Å²) < 4.78 is 31.6. The van der Waals surface area contributed by atoms with E-state index in [-0.39, 0.29) is 17.8 Å². The van der Waals surface area contributed by atoms with Gasteiger partial charge in [-0.15, -0.1) is 0 Å². The van der Waals surface area contributed by atoms with Gasteiger partial charge < -0.3 is 10.1 Å². The van der Waals surface area contributed by atoms with Crippen LogP contribution in [0.25, 0.3) is 0 Å². The second-order valence-electron chi connectivity index (χ2n) is 5.70. The molecule has 2 N–H and O–H groups in total. The number of anilines is 1. The zero-order valence-corrected chi connectivity index (χ0v) is 14.2. The zero-order valence-electron chi connectivity index (χ0n) is 13.4. The molecule has 23 heavy (non-hydrogen) atoms. The zero-order chi connectivity index (χ0) is 16.7. The van der Waals surface area contributed by atoms with E-state index in [1.54, 1.807) is 24.3 Å². The second-order valence-corrected chi connectivity index (χ2v) is 7.54. The highest BCUT2D eigenvalue weighted by molar-refractivity contribution is 7.92. The molecular formula is C16H24N2O4S. The Balaban J connectivity index is 1.86. The molecule has 0 bridgehead atoms. The Morgan fingerprint density at radius 3 is 2.65 bits per heavy atom. The van der Waals surface area contributed by atoms with Gasteiger partial charge in [0, 0.05) is 24.4 Å². The van der Waals surface area contributed by atoms with Crippen molar-refractivity contribution in [3.8, 4) is 0 Å². The summed E-state index contributed by atoms with van der Waals surface area (Å²) in [7, 11) is -3.32. The van der Waals surface area contributed by atoms with E-state index in [2.05, 4.69) is 10.0 Å². The normalized spacial score (nSPS) is 17.9. The lowest BCUT2D eigenvalue weighted by Crippen LogP contribution is -2.31. The Morgan fingerprint density at radius 1 is 1.30 bits per heavy atom. The molecule has 0 aliphatic carbocycles. The highest BCUT2D eigenvalue weighted by atomic mass is 32.2. The van der Waals surface area contributed by atoms with Crippen LogP contribution in [-0.4, -0.2) is 39.3 Å². The second kappa shape index (κ2) is 8.31. The first-order chi connectivity index (χ1) is 11.0. The van der Waals surface area contributed by atoms with Crippen LogP contribution in [0.2, 0.25) is 0 Å². The van der Waals surface area contributed by atoms with E-state index in [1.165, 1.54) is 0 Å². The molecule has 0 saturated carbocycles. The maximum absolute atomic E-state index is 12.0. The minimum atomic E-state index is -3.32. The molecule has 2 rings (SSSR count). The molecule has 1 heterocycles. The fourth-order valence-corrected chi connectivity index (χ4v) is 3.63. The Bertz CT molecular complexity index is 607. The van der Waals surface area contributed by atoms with E-state index >= 15 is 0 Å². The average Bonchev–Trinajstić information content (AvgIpc) is 3.04. The van der Waals surface area contributed by atoms with Crippen molar-refractivity contribution in [2.45, 2.75) is 38.7 Å². The summed E-state index contributed by atoms with van der Waals surface area (Å²) in [6.07, 6.45) is 3.55. The van der Waals surface area contributed by atoms with Crippen molar-refractivity contribution >= 4 is 21.6 Å². The largest absolute Gasteiger partial charge is 0.376 e. The van der Waals surface area contributed by atoms with Crippen molar-refractivity contribution in [2.75, 3.05) is 23.6 Å². The van der Waals surface area contributed by atoms with Crippen LogP contribution in [0.4, 0.5) is 5.69 Å². The van der Waals surface area contributed by atoms with Crippen LogP contribution in [0.15, 0.2) is 24.3 Å². The van der Waals surface area contributed by atoms with Crippen LogP contribution in [0.1, 0.15) is 43.0 Å². The Morgan fingerprint density at radius 2 is 2.04 bits per heavy atom. The van der Waals surface area contributed by atoms with Gasteiger partial charge >= 0.3 is 0 Å². The first-order valence-corrected chi connectivity index (χ1v) is 9.66. The molecule has 0 aromatic heterocycles. The molecule has 1 atom stereocenters. The number of benzene rings is 1. The van der Waals surface area contributed by atoms with Crippen molar-refractivity contribution in [2.24, 2.45) is 0 Å². The lowest BCUT2D eigenvalue weighted by atomic mass is 10.2. The average molecular weight is 340 g/mol. The highest BCUT2D eigenvalue weighted by Crippen LogP contribution is 2.13. The van der Waals surface area contributed by atoms with Crippen LogP contribution in [0, 0.1) is 0 Å². The van der Waals surface area contributed by atoms with Gasteiger partial charge in [0.25, 0.3) is 5.91 Å². The van der Waals surface area contributed by atoms with Gasteiger partial charge in [-0.25, -0.2) is 8.42 Å². The molecule has 1 aliphatic heterocycles. The van der Waals surface area contributed by atoms with Crippen LogP contribution in [0.3, 0.4) is 0 Å². The number of rotatable bonds is 8. The Hall–Kier alpha value is -1.60. The standard InChI is InChI=1S/C16H24N2O4S/c1-2-3-11-23(20,21)18-14-8-6-13(7-9-14)16(19)17-12-15-5-4-10-22-15/h6-9,15,18H,2-5,10-12H2,1H3,(H,17,19)/t15-/m0/s1. The molecular weight excluding hydrogens is 316 g/mol. The van der Waals surface area contributed by atoms with Crippen molar-refractivity contribution in [3.63, 3.8) is 0 Å².